The monoisotopic (exact) mass is 268 g/mol. The Bertz CT molecular complexity index is 386. The van der Waals surface area contributed by atoms with Crippen molar-refractivity contribution in [2.24, 2.45) is 0 Å². The molecule has 0 radical (unpaired) electrons. The summed E-state index contributed by atoms with van der Waals surface area (Å²) in [4.78, 5) is 12.0. The van der Waals surface area contributed by atoms with E-state index in [1.165, 1.54) is 0 Å². The van der Waals surface area contributed by atoms with Crippen LogP contribution in [-0.2, 0) is 0 Å². The van der Waals surface area contributed by atoms with Gasteiger partial charge in [-0.2, -0.15) is 0 Å². The fourth-order valence-electron chi connectivity index (χ4n) is 2.09. The minimum atomic E-state index is -0.259. The Morgan fingerprint density at radius 3 is 2.58 bits per heavy atom. The molecule has 1 amide bonds. The van der Waals surface area contributed by atoms with Crippen molar-refractivity contribution in [2.45, 2.75) is 58.4 Å². The standard InChI is InChI=1S/C14H24N2O3/c1-4-10(5-2)12-9-13(19-16-12)14(18)15-11(6-3)7-8-17/h9-11,17H,4-8H2,1-3H3,(H,15,18). The van der Waals surface area contributed by atoms with Gasteiger partial charge in [0.25, 0.3) is 5.91 Å². The van der Waals surface area contributed by atoms with E-state index < -0.39 is 0 Å². The summed E-state index contributed by atoms with van der Waals surface area (Å²) in [6.45, 7) is 6.22. The molecule has 1 aromatic rings. The Morgan fingerprint density at radius 2 is 2.05 bits per heavy atom. The Hall–Kier alpha value is -1.36. The zero-order valence-corrected chi connectivity index (χ0v) is 12.0. The number of aliphatic hydroxyl groups is 1. The molecule has 1 atom stereocenters. The first-order valence-corrected chi connectivity index (χ1v) is 7.04. The van der Waals surface area contributed by atoms with Gasteiger partial charge in [0.15, 0.2) is 0 Å². The smallest absolute Gasteiger partial charge is 0.290 e. The Balaban J connectivity index is 2.67. The number of hydrogen-bond acceptors (Lipinski definition) is 4. The van der Waals surface area contributed by atoms with Crippen molar-refractivity contribution in [3.63, 3.8) is 0 Å². The molecule has 5 nitrogen and oxygen atoms in total. The van der Waals surface area contributed by atoms with Gasteiger partial charge in [-0.05, 0) is 25.7 Å². The second kappa shape index (κ2) is 7.94. The molecule has 1 unspecified atom stereocenters. The normalized spacial score (nSPS) is 12.7. The maximum Gasteiger partial charge on any atom is 0.290 e. The summed E-state index contributed by atoms with van der Waals surface area (Å²) in [5.41, 5.74) is 0.838. The van der Waals surface area contributed by atoms with Gasteiger partial charge in [-0.25, -0.2) is 0 Å². The summed E-state index contributed by atoms with van der Waals surface area (Å²) >= 11 is 0. The molecule has 5 heteroatoms. The lowest BCUT2D eigenvalue weighted by molar-refractivity contribution is 0.0891. The van der Waals surface area contributed by atoms with Crippen LogP contribution in [0, 0.1) is 0 Å². The molecule has 0 aliphatic carbocycles. The molecule has 2 N–H and O–H groups in total. The molecule has 19 heavy (non-hydrogen) atoms. The van der Waals surface area contributed by atoms with Gasteiger partial charge in [-0.3, -0.25) is 4.79 Å². The highest BCUT2D eigenvalue weighted by molar-refractivity contribution is 5.91. The lowest BCUT2D eigenvalue weighted by Crippen LogP contribution is -2.34. The summed E-state index contributed by atoms with van der Waals surface area (Å²) in [7, 11) is 0. The third-order valence-corrected chi connectivity index (χ3v) is 3.46. The summed E-state index contributed by atoms with van der Waals surface area (Å²) in [5.74, 6) is 0.327. The van der Waals surface area contributed by atoms with Gasteiger partial charge >= 0.3 is 0 Å². The number of rotatable bonds is 8. The number of aromatic nitrogens is 1. The molecule has 0 saturated heterocycles. The van der Waals surface area contributed by atoms with E-state index in [1.54, 1.807) is 6.07 Å². The molecule has 0 aromatic carbocycles. The van der Waals surface area contributed by atoms with Crippen molar-refractivity contribution >= 4 is 5.91 Å². The third kappa shape index (κ3) is 4.35. The summed E-state index contributed by atoms with van der Waals surface area (Å²) in [5, 5.41) is 15.7. The molecule has 0 saturated carbocycles. The SMILES string of the molecule is CCC(CCO)NC(=O)c1cc(C(CC)CC)no1. The minimum Gasteiger partial charge on any atom is -0.396 e. The van der Waals surface area contributed by atoms with Crippen LogP contribution in [0.4, 0.5) is 0 Å². The van der Waals surface area contributed by atoms with Gasteiger partial charge in [0.2, 0.25) is 5.76 Å². The first-order chi connectivity index (χ1) is 9.15. The average molecular weight is 268 g/mol. The van der Waals surface area contributed by atoms with Crippen LogP contribution in [-0.4, -0.2) is 28.8 Å². The fraction of sp³-hybridized carbons (Fsp3) is 0.714. The van der Waals surface area contributed by atoms with Crippen LogP contribution in [0.15, 0.2) is 10.6 Å². The Labute approximate surface area is 114 Å². The fourth-order valence-corrected chi connectivity index (χ4v) is 2.09. The molecule has 0 bridgehead atoms. The summed E-state index contributed by atoms with van der Waals surface area (Å²) in [6.07, 6.45) is 3.29. The highest BCUT2D eigenvalue weighted by Gasteiger charge is 2.19. The van der Waals surface area contributed by atoms with E-state index in [2.05, 4.69) is 24.3 Å². The van der Waals surface area contributed by atoms with Gasteiger partial charge in [-0.1, -0.05) is 25.9 Å². The van der Waals surface area contributed by atoms with Crippen LogP contribution in [0.25, 0.3) is 0 Å². The molecular formula is C14H24N2O3. The second-order valence-corrected chi connectivity index (χ2v) is 4.72. The first kappa shape index (κ1) is 15.7. The lowest BCUT2D eigenvalue weighted by atomic mass is 9.99. The Morgan fingerprint density at radius 1 is 1.37 bits per heavy atom. The van der Waals surface area contributed by atoms with Gasteiger partial charge in [-0.15, -0.1) is 0 Å². The van der Waals surface area contributed by atoms with Gasteiger partial charge in [0.05, 0.1) is 5.69 Å². The van der Waals surface area contributed by atoms with Crippen LogP contribution in [0.2, 0.25) is 0 Å². The van der Waals surface area contributed by atoms with Crippen molar-refractivity contribution in [3.8, 4) is 0 Å². The zero-order chi connectivity index (χ0) is 14.3. The Kier molecular flexibility index (Phi) is 6.56. The number of aliphatic hydroxyl groups excluding tert-OH is 1. The highest BCUT2D eigenvalue weighted by atomic mass is 16.5. The number of amides is 1. The molecule has 1 heterocycles. The molecular weight excluding hydrogens is 244 g/mol. The number of hydrogen-bond donors (Lipinski definition) is 2. The van der Waals surface area contributed by atoms with Crippen LogP contribution in [0.3, 0.4) is 0 Å². The quantitative estimate of drug-likeness (QED) is 0.759. The van der Waals surface area contributed by atoms with Crippen molar-refractivity contribution in [1.82, 2.24) is 10.5 Å². The van der Waals surface area contributed by atoms with Crippen LogP contribution in [0.5, 0.6) is 0 Å². The number of carbonyl (C=O) groups is 1. The average Bonchev–Trinajstić information content (AvgIpc) is 2.89. The molecule has 0 spiro atoms. The topological polar surface area (TPSA) is 75.4 Å². The summed E-state index contributed by atoms with van der Waals surface area (Å²) in [6, 6.07) is 1.69. The molecule has 0 aliphatic heterocycles. The van der Waals surface area contributed by atoms with E-state index in [0.29, 0.717) is 12.3 Å². The largest absolute Gasteiger partial charge is 0.396 e. The van der Waals surface area contributed by atoms with Crippen LogP contribution >= 0.6 is 0 Å². The van der Waals surface area contributed by atoms with E-state index in [0.717, 1.165) is 25.0 Å². The molecule has 1 rings (SSSR count). The van der Waals surface area contributed by atoms with Crippen molar-refractivity contribution in [2.75, 3.05) is 6.61 Å². The predicted molar refractivity (Wildman–Crippen MR) is 73.1 cm³/mol. The van der Waals surface area contributed by atoms with E-state index in [-0.39, 0.29) is 24.3 Å². The predicted octanol–water partition coefficient (Wildman–Crippen LogP) is 2.47. The number of nitrogens with zero attached hydrogens (tertiary/aromatic N) is 1. The first-order valence-electron chi connectivity index (χ1n) is 7.04. The molecule has 108 valence electrons. The maximum absolute atomic E-state index is 12.0. The molecule has 0 fully saturated rings. The van der Waals surface area contributed by atoms with Crippen molar-refractivity contribution in [1.29, 1.82) is 0 Å². The van der Waals surface area contributed by atoms with Crippen LogP contribution in [0.1, 0.15) is 68.6 Å². The second-order valence-electron chi connectivity index (χ2n) is 4.72. The zero-order valence-electron chi connectivity index (χ0n) is 12.0. The van der Waals surface area contributed by atoms with Crippen molar-refractivity contribution < 1.29 is 14.4 Å². The minimum absolute atomic E-state index is 0.0285. The van der Waals surface area contributed by atoms with E-state index in [9.17, 15) is 4.79 Å². The van der Waals surface area contributed by atoms with E-state index >= 15 is 0 Å². The summed E-state index contributed by atoms with van der Waals surface area (Å²) < 4.78 is 5.11. The maximum atomic E-state index is 12.0. The van der Waals surface area contributed by atoms with Gasteiger partial charge in [0, 0.05) is 24.6 Å². The lowest BCUT2D eigenvalue weighted by Gasteiger charge is -2.14. The van der Waals surface area contributed by atoms with Crippen molar-refractivity contribution in [3.05, 3.63) is 17.5 Å². The molecule has 0 aliphatic rings. The number of carbonyl (C=O) groups excluding carboxylic acids is 1. The molecule has 1 aromatic heterocycles. The highest BCUT2D eigenvalue weighted by Crippen LogP contribution is 2.22. The van der Waals surface area contributed by atoms with E-state index in [4.69, 9.17) is 9.63 Å². The van der Waals surface area contributed by atoms with Gasteiger partial charge < -0.3 is 14.9 Å². The van der Waals surface area contributed by atoms with Gasteiger partial charge in [0.1, 0.15) is 0 Å². The number of nitrogens with one attached hydrogen (secondary N) is 1. The third-order valence-electron chi connectivity index (χ3n) is 3.46. The van der Waals surface area contributed by atoms with Crippen LogP contribution < -0.4 is 5.32 Å². The van der Waals surface area contributed by atoms with E-state index in [1.807, 2.05) is 6.92 Å².